The largest absolute Gasteiger partial charge is 0.497 e. The van der Waals surface area contributed by atoms with E-state index in [1.165, 1.54) is 11.6 Å². The molecule has 2 aromatic rings. The van der Waals surface area contributed by atoms with Gasteiger partial charge in [0.2, 0.25) is 0 Å². The number of carboxylic acids is 1. The summed E-state index contributed by atoms with van der Waals surface area (Å²) in [6.45, 7) is 1.19. The second-order valence-electron chi connectivity index (χ2n) is 4.26. The number of rotatable bonds is 7. The van der Waals surface area contributed by atoms with Gasteiger partial charge in [-0.1, -0.05) is 17.3 Å². The second-order valence-corrected chi connectivity index (χ2v) is 4.26. The lowest BCUT2D eigenvalue weighted by molar-refractivity contribution is 0.0685. The minimum absolute atomic E-state index is 0.0744. The molecular formula is C14H16N2O4. The summed E-state index contributed by atoms with van der Waals surface area (Å²) in [4.78, 5) is 10.6. The molecule has 106 valence electrons. The number of carboxylic acid groups (broad SMARTS) is 1. The van der Waals surface area contributed by atoms with E-state index in [9.17, 15) is 4.79 Å². The predicted octanol–water partition coefficient (Wildman–Crippen LogP) is 1.71. The number of hydrogen-bond donors (Lipinski definition) is 2. The van der Waals surface area contributed by atoms with Crippen molar-refractivity contribution in [2.24, 2.45) is 0 Å². The smallest absolute Gasteiger partial charge is 0.358 e. The summed E-state index contributed by atoms with van der Waals surface area (Å²) in [6.07, 6.45) is 0.844. The Labute approximate surface area is 116 Å². The van der Waals surface area contributed by atoms with E-state index in [-0.39, 0.29) is 5.69 Å². The third kappa shape index (κ3) is 3.83. The summed E-state index contributed by atoms with van der Waals surface area (Å²) in [5.74, 6) is 0.258. The van der Waals surface area contributed by atoms with Gasteiger partial charge in [-0.2, -0.15) is 0 Å². The standard InChI is InChI=1S/C14H16N2O4/c1-19-11-4-2-3-10(7-11)5-6-15-9-12-8-13(14(17)18)16-20-12/h2-4,7-8,15H,5-6,9H2,1H3,(H,17,18). The fourth-order valence-corrected chi connectivity index (χ4v) is 1.77. The molecule has 0 spiro atoms. The first-order chi connectivity index (χ1) is 9.69. The third-order valence-electron chi connectivity index (χ3n) is 2.80. The summed E-state index contributed by atoms with van der Waals surface area (Å²) in [5, 5.41) is 15.3. The molecule has 0 aliphatic carbocycles. The van der Waals surface area contributed by atoms with E-state index in [1.807, 2.05) is 24.3 Å². The van der Waals surface area contributed by atoms with Gasteiger partial charge in [-0.05, 0) is 30.7 Å². The Hall–Kier alpha value is -2.34. The molecular weight excluding hydrogens is 260 g/mol. The van der Waals surface area contributed by atoms with Crippen molar-refractivity contribution in [1.82, 2.24) is 10.5 Å². The summed E-state index contributed by atoms with van der Waals surface area (Å²) >= 11 is 0. The van der Waals surface area contributed by atoms with E-state index in [1.54, 1.807) is 7.11 Å². The molecule has 2 rings (SSSR count). The highest BCUT2D eigenvalue weighted by atomic mass is 16.5. The van der Waals surface area contributed by atoms with Crippen LogP contribution in [0.4, 0.5) is 0 Å². The van der Waals surface area contributed by atoms with E-state index in [0.717, 1.165) is 18.7 Å². The molecule has 0 unspecified atom stereocenters. The number of hydrogen-bond acceptors (Lipinski definition) is 5. The minimum atomic E-state index is -1.09. The number of aromatic carboxylic acids is 1. The maximum Gasteiger partial charge on any atom is 0.358 e. The van der Waals surface area contributed by atoms with Crippen molar-refractivity contribution in [3.05, 3.63) is 47.3 Å². The number of carbonyl (C=O) groups is 1. The van der Waals surface area contributed by atoms with Gasteiger partial charge in [0.1, 0.15) is 5.75 Å². The van der Waals surface area contributed by atoms with Crippen molar-refractivity contribution < 1.29 is 19.2 Å². The Balaban J connectivity index is 1.76. The Morgan fingerprint density at radius 2 is 2.30 bits per heavy atom. The lowest BCUT2D eigenvalue weighted by Crippen LogP contribution is -2.16. The average Bonchev–Trinajstić information content (AvgIpc) is 2.93. The van der Waals surface area contributed by atoms with E-state index in [0.29, 0.717) is 12.3 Å². The van der Waals surface area contributed by atoms with Crippen LogP contribution in [-0.4, -0.2) is 29.9 Å². The molecule has 0 fully saturated rings. The number of nitrogens with one attached hydrogen (secondary N) is 1. The van der Waals surface area contributed by atoms with E-state index in [4.69, 9.17) is 14.4 Å². The van der Waals surface area contributed by atoms with Crippen LogP contribution in [0.5, 0.6) is 5.75 Å². The first-order valence-corrected chi connectivity index (χ1v) is 6.21. The topological polar surface area (TPSA) is 84.6 Å². The lowest BCUT2D eigenvalue weighted by atomic mass is 10.1. The van der Waals surface area contributed by atoms with Gasteiger partial charge in [-0.25, -0.2) is 4.79 Å². The van der Waals surface area contributed by atoms with Gasteiger partial charge in [-0.15, -0.1) is 0 Å². The average molecular weight is 276 g/mol. The molecule has 20 heavy (non-hydrogen) atoms. The van der Waals surface area contributed by atoms with Crippen molar-refractivity contribution in [2.45, 2.75) is 13.0 Å². The Morgan fingerprint density at radius 1 is 1.45 bits per heavy atom. The van der Waals surface area contributed by atoms with Gasteiger partial charge in [0, 0.05) is 6.07 Å². The number of nitrogens with zero attached hydrogens (tertiary/aromatic N) is 1. The van der Waals surface area contributed by atoms with Crippen LogP contribution in [0.15, 0.2) is 34.9 Å². The Bertz CT molecular complexity index is 580. The SMILES string of the molecule is COc1cccc(CCNCc2cc(C(=O)O)no2)c1. The fourth-order valence-electron chi connectivity index (χ4n) is 1.77. The molecule has 0 bridgehead atoms. The zero-order valence-electron chi connectivity index (χ0n) is 11.1. The van der Waals surface area contributed by atoms with Gasteiger partial charge in [0.05, 0.1) is 13.7 Å². The van der Waals surface area contributed by atoms with Crippen molar-refractivity contribution in [1.29, 1.82) is 0 Å². The molecule has 0 amide bonds. The number of ether oxygens (including phenoxy) is 1. The van der Waals surface area contributed by atoms with E-state index >= 15 is 0 Å². The molecule has 6 nitrogen and oxygen atoms in total. The summed E-state index contributed by atoms with van der Waals surface area (Å²) in [7, 11) is 1.64. The van der Waals surface area contributed by atoms with Crippen LogP contribution in [0.3, 0.4) is 0 Å². The highest BCUT2D eigenvalue weighted by Crippen LogP contribution is 2.12. The van der Waals surface area contributed by atoms with Crippen molar-refractivity contribution >= 4 is 5.97 Å². The normalized spacial score (nSPS) is 10.4. The molecule has 1 heterocycles. The number of aromatic nitrogens is 1. The van der Waals surface area contributed by atoms with Gasteiger partial charge in [-0.3, -0.25) is 0 Å². The number of benzene rings is 1. The molecule has 0 aliphatic heterocycles. The zero-order chi connectivity index (χ0) is 14.4. The van der Waals surface area contributed by atoms with Crippen LogP contribution in [0.1, 0.15) is 21.8 Å². The van der Waals surface area contributed by atoms with Crippen LogP contribution in [0, 0.1) is 0 Å². The second kappa shape index (κ2) is 6.72. The monoisotopic (exact) mass is 276 g/mol. The molecule has 1 aromatic carbocycles. The van der Waals surface area contributed by atoms with Crippen molar-refractivity contribution in [3.63, 3.8) is 0 Å². The van der Waals surface area contributed by atoms with Crippen molar-refractivity contribution in [2.75, 3.05) is 13.7 Å². The van der Waals surface area contributed by atoms with Gasteiger partial charge in [0.25, 0.3) is 0 Å². The highest BCUT2D eigenvalue weighted by Gasteiger charge is 2.09. The quantitative estimate of drug-likeness (QED) is 0.749. The maximum absolute atomic E-state index is 10.6. The minimum Gasteiger partial charge on any atom is -0.497 e. The molecule has 0 saturated heterocycles. The van der Waals surface area contributed by atoms with E-state index in [2.05, 4.69) is 10.5 Å². The van der Waals surface area contributed by atoms with Gasteiger partial charge < -0.3 is 19.7 Å². The van der Waals surface area contributed by atoms with Crippen LogP contribution in [0.2, 0.25) is 0 Å². The predicted molar refractivity (Wildman–Crippen MR) is 71.9 cm³/mol. The first kappa shape index (κ1) is 14.1. The van der Waals surface area contributed by atoms with Gasteiger partial charge >= 0.3 is 5.97 Å². The molecule has 0 atom stereocenters. The summed E-state index contributed by atoms with van der Waals surface area (Å²) in [6, 6.07) is 9.28. The zero-order valence-corrected chi connectivity index (χ0v) is 11.1. The molecule has 1 aromatic heterocycles. The van der Waals surface area contributed by atoms with Crippen LogP contribution in [-0.2, 0) is 13.0 Å². The Kier molecular flexibility index (Phi) is 4.73. The molecule has 0 radical (unpaired) electrons. The first-order valence-electron chi connectivity index (χ1n) is 6.21. The maximum atomic E-state index is 10.6. The molecule has 6 heteroatoms. The summed E-state index contributed by atoms with van der Waals surface area (Å²) in [5.41, 5.74) is 1.09. The third-order valence-corrected chi connectivity index (χ3v) is 2.80. The summed E-state index contributed by atoms with van der Waals surface area (Å²) < 4.78 is 10.1. The van der Waals surface area contributed by atoms with Crippen LogP contribution in [0.25, 0.3) is 0 Å². The van der Waals surface area contributed by atoms with Crippen molar-refractivity contribution in [3.8, 4) is 5.75 Å². The highest BCUT2D eigenvalue weighted by molar-refractivity contribution is 5.85. The van der Waals surface area contributed by atoms with Gasteiger partial charge in [0.15, 0.2) is 11.5 Å². The van der Waals surface area contributed by atoms with Crippen LogP contribution >= 0.6 is 0 Å². The fraction of sp³-hybridized carbons (Fsp3) is 0.286. The van der Waals surface area contributed by atoms with Crippen LogP contribution < -0.4 is 10.1 Å². The van der Waals surface area contributed by atoms with E-state index < -0.39 is 5.97 Å². The Morgan fingerprint density at radius 3 is 3.00 bits per heavy atom. The molecule has 0 aliphatic rings. The molecule has 0 saturated carbocycles. The number of methoxy groups -OCH3 is 1. The molecule has 2 N–H and O–H groups in total. The lowest BCUT2D eigenvalue weighted by Gasteiger charge is -2.05.